The highest BCUT2D eigenvalue weighted by atomic mass is 16.5. The zero-order chi connectivity index (χ0) is 16.3. The Bertz CT molecular complexity index is 838. The van der Waals surface area contributed by atoms with Gasteiger partial charge in [-0.2, -0.15) is 10.2 Å². The molecule has 0 aliphatic rings. The number of ether oxygens (including phenoxy) is 1. The van der Waals surface area contributed by atoms with E-state index in [1.54, 1.807) is 30.0 Å². The quantitative estimate of drug-likeness (QED) is 0.404. The van der Waals surface area contributed by atoms with Crippen LogP contribution in [0.5, 0.6) is 5.88 Å². The molecule has 2 N–H and O–H groups in total. The minimum atomic E-state index is 0.218. The molecule has 2 aromatic heterocycles. The van der Waals surface area contributed by atoms with E-state index in [0.717, 1.165) is 5.57 Å². The van der Waals surface area contributed by atoms with Crippen LogP contribution in [-0.4, -0.2) is 21.3 Å². The average Bonchev–Trinajstić information content (AvgIpc) is 2.86. The summed E-state index contributed by atoms with van der Waals surface area (Å²) in [5.41, 5.74) is 8.69. The van der Waals surface area contributed by atoms with Crippen molar-refractivity contribution >= 4 is 23.6 Å². The van der Waals surface area contributed by atoms with E-state index in [4.69, 9.17) is 15.7 Å². The van der Waals surface area contributed by atoms with Gasteiger partial charge in [0, 0.05) is 13.1 Å². The normalized spacial score (nSPS) is 12.7. The molecule has 0 saturated heterocycles. The van der Waals surface area contributed by atoms with Crippen LogP contribution in [0, 0.1) is 11.3 Å². The number of imidazole rings is 1. The number of hydrogen-bond acceptors (Lipinski definition) is 6. The largest absolute Gasteiger partial charge is 0.443 e. The number of aryl methyl sites for hydroxylation is 1. The Morgan fingerprint density at radius 1 is 1.55 bits per heavy atom. The third kappa shape index (κ3) is 2.96. The highest BCUT2D eigenvalue weighted by Crippen LogP contribution is 2.24. The molecule has 0 bridgehead atoms. The van der Waals surface area contributed by atoms with Crippen molar-refractivity contribution in [2.75, 3.05) is 5.73 Å². The molecule has 22 heavy (non-hydrogen) atoms. The van der Waals surface area contributed by atoms with Crippen molar-refractivity contribution in [3.63, 3.8) is 0 Å². The molecule has 112 valence electrons. The standard InChI is InChI=1S/C15H16N6O/c1-9(5-11(7-16)18-3)10(2)22-13-6-12(17)14-15(20-13)21(4)8-19-14/h5-6,8H,3H2,1-2,4H3,(H2,17,20)/b10-9+,11-5-. The van der Waals surface area contributed by atoms with Gasteiger partial charge in [-0.1, -0.05) is 0 Å². The Labute approximate surface area is 128 Å². The van der Waals surface area contributed by atoms with Crippen LogP contribution >= 0.6 is 0 Å². The number of nitriles is 1. The van der Waals surface area contributed by atoms with Gasteiger partial charge in [0.15, 0.2) is 5.65 Å². The Morgan fingerprint density at radius 3 is 2.91 bits per heavy atom. The van der Waals surface area contributed by atoms with Gasteiger partial charge in [-0.05, 0) is 32.2 Å². The Morgan fingerprint density at radius 2 is 2.27 bits per heavy atom. The molecule has 0 spiro atoms. The van der Waals surface area contributed by atoms with E-state index >= 15 is 0 Å². The van der Waals surface area contributed by atoms with Crippen molar-refractivity contribution in [2.24, 2.45) is 12.0 Å². The molecular weight excluding hydrogens is 280 g/mol. The Balaban J connectivity index is 2.38. The lowest BCUT2D eigenvalue weighted by atomic mass is 10.2. The molecule has 0 saturated carbocycles. The molecule has 0 atom stereocenters. The van der Waals surface area contributed by atoms with E-state index in [1.807, 2.05) is 20.0 Å². The number of fused-ring (bicyclic) bond motifs is 1. The minimum Gasteiger partial charge on any atom is -0.443 e. The Hall–Kier alpha value is -3.14. The van der Waals surface area contributed by atoms with E-state index in [-0.39, 0.29) is 5.70 Å². The predicted molar refractivity (Wildman–Crippen MR) is 85.2 cm³/mol. The summed E-state index contributed by atoms with van der Waals surface area (Å²) in [4.78, 5) is 12.2. The highest BCUT2D eigenvalue weighted by Gasteiger charge is 2.10. The van der Waals surface area contributed by atoms with Crippen molar-refractivity contribution in [1.29, 1.82) is 5.26 Å². The van der Waals surface area contributed by atoms with Crippen LogP contribution in [0.2, 0.25) is 0 Å². The van der Waals surface area contributed by atoms with E-state index in [9.17, 15) is 0 Å². The molecular formula is C15H16N6O. The van der Waals surface area contributed by atoms with Crippen molar-refractivity contribution in [2.45, 2.75) is 13.8 Å². The number of aromatic nitrogens is 3. The summed E-state index contributed by atoms with van der Waals surface area (Å²) in [5.74, 6) is 0.953. The Kier molecular flexibility index (Phi) is 4.23. The first-order chi connectivity index (χ1) is 10.5. The molecule has 0 unspecified atom stereocenters. The third-order valence-corrected chi connectivity index (χ3v) is 3.13. The molecule has 0 amide bonds. The maximum absolute atomic E-state index is 8.85. The van der Waals surface area contributed by atoms with Crippen LogP contribution in [0.1, 0.15) is 13.8 Å². The van der Waals surface area contributed by atoms with E-state index in [0.29, 0.717) is 28.5 Å². The van der Waals surface area contributed by atoms with Crippen LogP contribution in [0.3, 0.4) is 0 Å². The van der Waals surface area contributed by atoms with Gasteiger partial charge in [0.1, 0.15) is 23.0 Å². The van der Waals surface area contributed by atoms with Gasteiger partial charge in [-0.15, -0.1) is 0 Å². The summed E-state index contributed by atoms with van der Waals surface area (Å²) in [7, 11) is 1.83. The summed E-state index contributed by atoms with van der Waals surface area (Å²) in [6.07, 6.45) is 3.23. The molecule has 0 aliphatic carbocycles. The van der Waals surface area contributed by atoms with Gasteiger partial charge in [-0.3, -0.25) is 4.99 Å². The SMILES string of the molecule is C=N/C(C#N)=C\C(C)=C(/C)Oc1cc(N)c2ncn(C)c2n1. The summed E-state index contributed by atoms with van der Waals surface area (Å²) in [6.45, 7) is 6.92. The van der Waals surface area contributed by atoms with Crippen LogP contribution < -0.4 is 10.5 Å². The lowest BCUT2D eigenvalue weighted by molar-refractivity contribution is 0.408. The number of hydrogen-bond donors (Lipinski definition) is 1. The molecule has 7 nitrogen and oxygen atoms in total. The predicted octanol–water partition coefficient (Wildman–Crippen LogP) is 2.33. The average molecular weight is 296 g/mol. The maximum atomic E-state index is 8.85. The second-order valence-corrected chi connectivity index (χ2v) is 4.72. The van der Waals surface area contributed by atoms with Gasteiger partial charge in [0.05, 0.1) is 12.0 Å². The monoisotopic (exact) mass is 296 g/mol. The molecule has 0 radical (unpaired) electrons. The number of anilines is 1. The van der Waals surface area contributed by atoms with Gasteiger partial charge >= 0.3 is 0 Å². The van der Waals surface area contributed by atoms with Gasteiger partial charge in [-0.25, -0.2) is 4.98 Å². The van der Waals surface area contributed by atoms with Crippen molar-refractivity contribution in [3.05, 3.63) is 35.5 Å². The van der Waals surface area contributed by atoms with Crippen LogP contribution in [0.15, 0.2) is 40.5 Å². The number of pyridine rings is 1. The van der Waals surface area contributed by atoms with Crippen LogP contribution in [0.4, 0.5) is 5.69 Å². The molecule has 7 heteroatoms. The zero-order valence-electron chi connectivity index (χ0n) is 12.7. The third-order valence-electron chi connectivity index (χ3n) is 3.13. The summed E-state index contributed by atoms with van der Waals surface area (Å²) in [5, 5.41) is 8.85. The number of nitrogens with zero attached hydrogens (tertiary/aromatic N) is 5. The number of nitrogen functional groups attached to an aromatic ring is 1. The zero-order valence-corrected chi connectivity index (χ0v) is 12.7. The van der Waals surface area contributed by atoms with Crippen LogP contribution in [0.25, 0.3) is 11.2 Å². The van der Waals surface area contributed by atoms with Crippen molar-refractivity contribution in [3.8, 4) is 11.9 Å². The molecule has 0 fully saturated rings. The topological polar surface area (TPSA) is 102 Å². The second kappa shape index (κ2) is 6.10. The van der Waals surface area contributed by atoms with E-state index < -0.39 is 0 Å². The summed E-state index contributed by atoms with van der Waals surface area (Å²) < 4.78 is 7.47. The van der Waals surface area contributed by atoms with Gasteiger partial charge < -0.3 is 15.0 Å². The van der Waals surface area contributed by atoms with Gasteiger partial charge in [0.2, 0.25) is 5.88 Å². The maximum Gasteiger partial charge on any atom is 0.222 e. The lowest BCUT2D eigenvalue weighted by Crippen LogP contribution is -2.00. The number of rotatable bonds is 4. The fourth-order valence-corrected chi connectivity index (χ4v) is 1.81. The summed E-state index contributed by atoms with van der Waals surface area (Å²) >= 11 is 0. The molecule has 0 aliphatic heterocycles. The number of nitrogens with two attached hydrogens (primary N) is 1. The fraction of sp³-hybridized carbons (Fsp3) is 0.200. The van der Waals surface area contributed by atoms with Crippen molar-refractivity contribution in [1.82, 2.24) is 14.5 Å². The van der Waals surface area contributed by atoms with E-state index in [2.05, 4.69) is 21.7 Å². The minimum absolute atomic E-state index is 0.218. The smallest absolute Gasteiger partial charge is 0.222 e. The number of aliphatic imine (C=N–C) groups is 1. The van der Waals surface area contributed by atoms with Gasteiger partial charge in [0.25, 0.3) is 0 Å². The highest BCUT2D eigenvalue weighted by molar-refractivity contribution is 5.84. The molecule has 0 aromatic carbocycles. The first kappa shape index (κ1) is 15.3. The first-order valence-corrected chi connectivity index (χ1v) is 6.47. The van der Waals surface area contributed by atoms with E-state index in [1.165, 1.54) is 0 Å². The molecule has 2 aromatic rings. The molecule has 2 heterocycles. The number of allylic oxidation sites excluding steroid dienone is 4. The lowest BCUT2D eigenvalue weighted by Gasteiger charge is -2.08. The molecule has 2 rings (SSSR count). The second-order valence-electron chi connectivity index (χ2n) is 4.72. The fourth-order valence-electron chi connectivity index (χ4n) is 1.81. The van der Waals surface area contributed by atoms with Crippen molar-refractivity contribution < 1.29 is 4.74 Å². The first-order valence-electron chi connectivity index (χ1n) is 6.47. The van der Waals surface area contributed by atoms with Crippen LogP contribution in [-0.2, 0) is 7.05 Å². The summed E-state index contributed by atoms with van der Waals surface area (Å²) in [6, 6.07) is 3.55.